The Labute approximate surface area is 158 Å². The van der Waals surface area contributed by atoms with Crippen LogP contribution in [0.5, 0.6) is 0 Å². The number of H-pyrrole nitrogens is 1. The molecular weight excluding hydrogens is 356 g/mol. The van der Waals surface area contributed by atoms with E-state index < -0.39 is 0 Å². The summed E-state index contributed by atoms with van der Waals surface area (Å²) in [6, 6.07) is 9.32. The van der Waals surface area contributed by atoms with Crippen molar-refractivity contribution < 1.29 is 14.3 Å². The molecule has 2 aromatic rings. The predicted octanol–water partition coefficient (Wildman–Crippen LogP) is 1.90. The molecule has 0 aliphatic carbocycles. The molecule has 1 aliphatic heterocycles. The zero-order chi connectivity index (χ0) is 17.6. The predicted molar refractivity (Wildman–Crippen MR) is 99.1 cm³/mol. The fraction of sp³-hybridized carbons (Fsp3) is 0.389. The van der Waals surface area contributed by atoms with E-state index in [4.69, 9.17) is 4.74 Å². The van der Waals surface area contributed by atoms with Gasteiger partial charge in [0.05, 0.1) is 13.2 Å². The Kier molecular flexibility index (Phi) is 7.17. The third-order valence-corrected chi connectivity index (χ3v) is 4.39. The topological polar surface area (TPSA) is 96.1 Å². The van der Waals surface area contributed by atoms with Crippen molar-refractivity contribution in [1.82, 2.24) is 20.8 Å². The van der Waals surface area contributed by atoms with Gasteiger partial charge in [0.15, 0.2) is 5.69 Å². The second kappa shape index (κ2) is 9.35. The number of rotatable bonds is 6. The van der Waals surface area contributed by atoms with E-state index in [0.29, 0.717) is 18.7 Å². The van der Waals surface area contributed by atoms with Gasteiger partial charge in [0.25, 0.3) is 5.91 Å². The molecule has 3 N–H and O–H groups in total. The Balaban J connectivity index is 0.00000243. The lowest BCUT2D eigenvalue weighted by Crippen LogP contribution is -2.31. The van der Waals surface area contributed by atoms with Crippen LogP contribution in [0.3, 0.4) is 0 Å². The number of hydrogen-bond acceptors (Lipinski definition) is 5. The van der Waals surface area contributed by atoms with Gasteiger partial charge in [0.1, 0.15) is 0 Å². The van der Waals surface area contributed by atoms with Crippen molar-refractivity contribution in [3.05, 3.63) is 52.8 Å². The number of methoxy groups -OCH3 is 1. The minimum atomic E-state index is -0.295. The molecule has 7 nitrogen and oxygen atoms in total. The molecule has 0 bridgehead atoms. The minimum Gasteiger partial charge on any atom is -0.469 e. The molecule has 1 atom stereocenters. The number of halogens is 1. The van der Waals surface area contributed by atoms with Crippen LogP contribution in [0, 0.1) is 0 Å². The zero-order valence-corrected chi connectivity index (χ0v) is 15.4. The van der Waals surface area contributed by atoms with E-state index in [1.165, 1.54) is 7.11 Å². The van der Waals surface area contributed by atoms with Crippen LogP contribution in [-0.4, -0.2) is 35.7 Å². The second-order valence-electron chi connectivity index (χ2n) is 6.01. The van der Waals surface area contributed by atoms with Gasteiger partial charge in [-0.3, -0.25) is 14.7 Å². The fourth-order valence-corrected chi connectivity index (χ4v) is 3.01. The number of amides is 1. The van der Waals surface area contributed by atoms with E-state index in [1.807, 2.05) is 30.3 Å². The summed E-state index contributed by atoms with van der Waals surface area (Å²) in [6.45, 7) is 1.51. The number of fused-ring (bicyclic) bond motifs is 1. The lowest BCUT2D eigenvalue weighted by atomic mass is 10.0. The van der Waals surface area contributed by atoms with Crippen LogP contribution >= 0.6 is 12.4 Å². The highest BCUT2D eigenvalue weighted by atomic mass is 35.5. The summed E-state index contributed by atoms with van der Waals surface area (Å²) in [7, 11) is 1.36. The van der Waals surface area contributed by atoms with Crippen molar-refractivity contribution in [2.75, 3.05) is 13.7 Å². The molecule has 140 valence electrons. The summed E-state index contributed by atoms with van der Waals surface area (Å²) in [5.41, 5.74) is 3.29. The number of aromatic nitrogens is 2. The molecule has 8 heteroatoms. The van der Waals surface area contributed by atoms with Crippen LogP contribution in [0.25, 0.3) is 0 Å². The first kappa shape index (κ1) is 19.9. The fourth-order valence-electron chi connectivity index (χ4n) is 3.01. The van der Waals surface area contributed by atoms with Gasteiger partial charge in [0.2, 0.25) is 0 Å². The number of hydrogen-bond donors (Lipinski definition) is 3. The van der Waals surface area contributed by atoms with Crippen molar-refractivity contribution in [3.8, 4) is 0 Å². The molecule has 26 heavy (non-hydrogen) atoms. The maximum Gasteiger partial charge on any atom is 0.305 e. The maximum atomic E-state index is 12.7. The van der Waals surface area contributed by atoms with E-state index in [2.05, 4.69) is 20.8 Å². The Morgan fingerprint density at radius 1 is 1.31 bits per heavy atom. The van der Waals surface area contributed by atoms with Crippen molar-refractivity contribution >= 4 is 24.3 Å². The van der Waals surface area contributed by atoms with E-state index in [-0.39, 0.29) is 36.7 Å². The van der Waals surface area contributed by atoms with Gasteiger partial charge in [-0.2, -0.15) is 5.10 Å². The van der Waals surface area contributed by atoms with Gasteiger partial charge >= 0.3 is 5.97 Å². The zero-order valence-electron chi connectivity index (χ0n) is 14.6. The Morgan fingerprint density at radius 3 is 2.81 bits per heavy atom. The minimum absolute atomic E-state index is 0. The summed E-state index contributed by atoms with van der Waals surface area (Å²) in [5.74, 6) is -0.531. The monoisotopic (exact) mass is 378 g/mol. The molecule has 2 heterocycles. The number of benzene rings is 1. The van der Waals surface area contributed by atoms with Crippen molar-refractivity contribution in [1.29, 1.82) is 0 Å². The van der Waals surface area contributed by atoms with Crippen LogP contribution in [0.1, 0.15) is 46.2 Å². The number of carbonyl (C=O) groups excluding carboxylic acids is 2. The van der Waals surface area contributed by atoms with Crippen molar-refractivity contribution in [2.45, 2.75) is 31.8 Å². The largest absolute Gasteiger partial charge is 0.469 e. The Morgan fingerprint density at radius 2 is 2.08 bits per heavy atom. The highest BCUT2D eigenvalue weighted by Crippen LogP contribution is 2.21. The Bertz CT molecular complexity index is 748. The molecule has 1 amide bonds. The number of carbonyl (C=O) groups is 2. The summed E-state index contributed by atoms with van der Waals surface area (Å²) in [6.07, 6.45) is 1.53. The lowest BCUT2D eigenvalue weighted by Gasteiger charge is -2.19. The molecule has 0 spiro atoms. The maximum absolute atomic E-state index is 12.7. The van der Waals surface area contributed by atoms with Gasteiger partial charge in [-0.1, -0.05) is 30.3 Å². The summed E-state index contributed by atoms with van der Waals surface area (Å²) < 4.78 is 4.71. The number of aromatic amines is 1. The molecule has 1 aromatic carbocycles. The summed E-state index contributed by atoms with van der Waals surface area (Å²) >= 11 is 0. The molecule has 1 unspecified atom stereocenters. The molecule has 0 fully saturated rings. The number of ether oxygens (including phenoxy) is 1. The first-order valence-corrected chi connectivity index (χ1v) is 8.38. The number of nitrogens with one attached hydrogen (secondary N) is 3. The van der Waals surface area contributed by atoms with Gasteiger partial charge in [-0.05, 0) is 12.0 Å². The van der Waals surface area contributed by atoms with Gasteiger partial charge in [-0.15, -0.1) is 12.4 Å². The van der Waals surface area contributed by atoms with Crippen LogP contribution in [0.2, 0.25) is 0 Å². The molecule has 0 saturated carbocycles. The normalized spacial score (nSPS) is 13.9. The second-order valence-corrected chi connectivity index (χ2v) is 6.01. The molecule has 1 aromatic heterocycles. The van der Waals surface area contributed by atoms with Crippen LogP contribution < -0.4 is 10.6 Å². The Hall–Kier alpha value is -2.38. The molecule has 3 rings (SSSR count). The van der Waals surface area contributed by atoms with Crippen LogP contribution in [0.15, 0.2) is 30.3 Å². The van der Waals surface area contributed by atoms with E-state index >= 15 is 0 Å². The van der Waals surface area contributed by atoms with E-state index in [1.54, 1.807) is 0 Å². The van der Waals surface area contributed by atoms with Crippen molar-refractivity contribution in [2.24, 2.45) is 0 Å². The number of nitrogens with zero attached hydrogens (tertiary/aromatic N) is 1. The first-order valence-electron chi connectivity index (χ1n) is 8.38. The molecule has 1 aliphatic rings. The van der Waals surface area contributed by atoms with Gasteiger partial charge < -0.3 is 15.4 Å². The van der Waals surface area contributed by atoms with E-state index in [0.717, 1.165) is 29.8 Å². The summed E-state index contributed by atoms with van der Waals surface area (Å²) in [5, 5.41) is 13.4. The van der Waals surface area contributed by atoms with Crippen LogP contribution in [-0.2, 0) is 22.5 Å². The molecule has 0 radical (unpaired) electrons. The standard InChI is InChI=1S/C18H22N4O3.ClH/c1-25-16(23)8-7-14(12-5-3-2-4-6-12)20-18(24)17-13-11-19-10-9-15(13)21-22-17;/h2-6,14,19H,7-11H2,1H3,(H,20,24)(H,21,22);1H. The van der Waals surface area contributed by atoms with Gasteiger partial charge in [0, 0.05) is 37.2 Å². The first-order chi connectivity index (χ1) is 12.2. The lowest BCUT2D eigenvalue weighted by molar-refractivity contribution is -0.140. The molecular formula is C18H23ClN4O3. The smallest absolute Gasteiger partial charge is 0.305 e. The van der Waals surface area contributed by atoms with Gasteiger partial charge in [-0.25, -0.2) is 0 Å². The van der Waals surface area contributed by atoms with Crippen LogP contribution in [0.4, 0.5) is 0 Å². The third kappa shape index (κ3) is 4.62. The van der Waals surface area contributed by atoms with Crippen molar-refractivity contribution in [3.63, 3.8) is 0 Å². The summed E-state index contributed by atoms with van der Waals surface area (Å²) in [4.78, 5) is 24.2. The quantitative estimate of drug-likeness (QED) is 0.667. The third-order valence-electron chi connectivity index (χ3n) is 4.39. The highest BCUT2D eigenvalue weighted by molar-refractivity contribution is 5.94. The molecule has 0 saturated heterocycles. The van der Waals surface area contributed by atoms with E-state index in [9.17, 15) is 9.59 Å². The SMILES string of the molecule is COC(=O)CCC(NC(=O)c1n[nH]c2c1CNCC2)c1ccccc1.Cl. The average molecular weight is 379 g/mol. The average Bonchev–Trinajstić information content (AvgIpc) is 3.09. The number of esters is 1. The highest BCUT2D eigenvalue weighted by Gasteiger charge is 2.24.